The smallest absolute Gasteiger partial charge is 0.254 e. The lowest BCUT2D eigenvalue weighted by atomic mass is 10.0. The van der Waals surface area contributed by atoms with E-state index in [9.17, 15) is 9.90 Å². The van der Waals surface area contributed by atoms with Gasteiger partial charge in [-0.1, -0.05) is 17.9 Å². The van der Waals surface area contributed by atoms with Gasteiger partial charge in [0.15, 0.2) is 0 Å². The van der Waals surface area contributed by atoms with Crippen LogP contribution in [0.2, 0.25) is 0 Å². The number of nitrogens with zero attached hydrogens (tertiary/aromatic N) is 1. The molecule has 0 radical (unpaired) electrons. The van der Waals surface area contributed by atoms with Gasteiger partial charge in [0.1, 0.15) is 0 Å². The van der Waals surface area contributed by atoms with Gasteiger partial charge in [0.05, 0.1) is 19.3 Å². The molecule has 1 unspecified atom stereocenters. The Bertz CT molecular complexity index is 544. The lowest BCUT2D eigenvalue weighted by molar-refractivity contribution is 0.0503. The number of piperidine rings is 1. The zero-order valence-corrected chi connectivity index (χ0v) is 12.1. The molecular weight excluding hydrogens is 266 g/mol. The second-order valence-corrected chi connectivity index (χ2v) is 5.19. The van der Waals surface area contributed by atoms with Crippen LogP contribution in [0.1, 0.15) is 41.6 Å². The predicted molar refractivity (Wildman–Crippen MR) is 80.8 cm³/mol. The predicted octanol–water partition coefficient (Wildman–Crippen LogP) is 1.41. The first-order chi connectivity index (χ1) is 10.3. The summed E-state index contributed by atoms with van der Waals surface area (Å²) in [6.45, 7) is 0.754. The van der Waals surface area contributed by atoms with E-state index >= 15 is 0 Å². The minimum atomic E-state index is -0.0737. The summed E-state index contributed by atoms with van der Waals surface area (Å²) in [6, 6.07) is 7.14. The Morgan fingerprint density at radius 1 is 1.33 bits per heavy atom. The van der Waals surface area contributed by atoms with Crippen molar-refractivity contribution in [2.75, 3.05) is 19.8 Å². The van der Waals surface area contributed by atoms with Crippen molar-refractivity contribution in [3.05, 3.63) is 35.4 Å². The third-order valence-corrected chi connectivity index (χ3v) is 3.68. The number of amides is 1. The van der Waals surface area contributed by atoms with Crippen molar-refractivity contribution >= 4 is 5.91 Å². The average Bonchev–Trinajstić information content (AvgIpc) is 2.54. The lowest BCUT2D eigenvalue weighted by Gasteiger charge is -2.34. The Balaban J connectivity index is 2.15. The highest BCUT2D eigenvalue weighted by molar-refractivity contribution is 5.94. The number of hydrogen-bond acceptors (Lipinski definition) is 3. The van der Waals surface area contributed by atoms with Gasteiger partial charge in [-0.2, -0.15) is 0 Å². The van der Waals surface area contributed by atoms with Crippen LogP contribution < -0.4 is 0 Å². The van der Waals surface area contributed by atoms with Gasteiger partial charge in [0, 0.05) is 24.1 Å². The van der Waals surface area contributed by atoms with Crippen molar-refractivity contribution in [2.24, 2.45) is 0 Å². The summed E-state index contributed by atoms with van der Waals surface area (Å²) in [5, 5.41) is 18.1. The fraction of sp³-hybridized carbons (Fsp3) is 0.471. The van der Waals surface area contributed by atoms with Crippen molar-refractivity contribution in [1.82, 2.24) is 4.90 Å². The van der Waals surface area contributed by atoms with Crippen molar-refractivity contribution in [3.63, 3.8) is 0 Å². The number of hydrogen-bond donors (Lipinski definition) is 2. The molecule has 1 heterocycles. The molecule has 1 amide bonds. The Morgan fingerprint density at radius 3 is 2.95 bits per heavy atom. The molecule has 0 saturated carbocycles. The number of benzene rings is 1. The normalized spacial score (nSPS) is 18.0. The molecule has 4 heteroatoms. The first-order valence-electron chi connectivity index (χ1n) is 7.38. The fourth-order valence-electron chi connectivity index (χ4n) is 2.57. The van der Waals surface area contributed by atoms with Crippen molar-refractivity contribution in [3.8, 4) is 11.8 Å². The van der Waals surface area contributed by atoms with E-state index in [1.807, 2.05) is 12.1 Å². The molecule has 1 atom stereocenters. The van der Waals surface area contributed by atoms with E-state index in [0.29, 0.717) is 18.5 Å². The van der Waals surface area contributed by atoms with Crippen LogP contribution in [-0.2, 0) is 0 Å². The van der Waals surface area contributed by atoms with Crippen molar-refractivity contribution in [1.29, 1.82) is 0 Å². The molecule has 2 N–H and O–H groups in total. The number of aliphatic hydroxyl groups excluding tert-OH is 2. The maximum absolute atomic E-state index is 12.6. The Morgan fingerprint density at radius 2 is 2.19 bits per heavy atom. The SMILES string of the molecule is O=C(c1cccc(C#CCCO)c1)N1CCCCC1CO. The van der Waals surface area contributed by atoms with Crippen LogP contribution in [0, 0.1) is 11.8 Å². The van der Waals surface area contributed by atoms with E-state index in [2.05, 4.69) is 11.8 Å². The first kappa shape index (κ1) is 15.6. The molecule has 1 saturated heterocycles. The van der Waals surface area contributed by atoms with Crippen LogP contribution in [-0.4, -0.2) is 46.8 Å². The molecule has 112 valence electrons. The minimum absolute atomic E-state index is 0.0156. The number of aliphatic hydroxyl groups is 2. The van der Waals surface area contributed by atoms with Gasteiger partial charge in [0.2, 0.25) is 0 Å². The Hall–Kier alpha value is -1.83. The second-order valence-electron chi connectivity index (χ2n) is 5.19. The van der Waals surface area contributed by atoms with Gasteiger partial charge in [-0.15, -0.1) is 0 Å². The monoisotopic (exact) mass is 287 g/mol. The van der Waals surface area contributed by atoms with Crippen LogP contribution in [0.4, 0.5) is 0 Å². The summed E-state index contributed by atoms with van der Waals surface area (Å²) in [5.41, 5.74) is 1.37. The van der Waals surface area contributed by atoms with Crippen LogP contribution in [0.25, 0.3) is 0 Å². The largest absolute Gasteiger partial charge is 0.395 e. The maximum Gasteiger partial charge on any atom is 0.254 e. The maximum atomic E-state index is 12.6. The van der Waals surface area contributed by atoms with Crippen LogP contribution in [0.3, 0.4) is 0 Å². The highest BCUT2D eigenvalue weighted by Gasteiger charge is 2.26. The number of carbonyl (C=O) groups excluding carboxylic acids is 1. The molecule has 1 fully saturated rings. The van der Waals surface area contributed by atoms with Gasteiger partial charge in [0.25, 0.3) is 5.91 Å². The van der Waals surface area contributed by atoms with E-state index in [1.54, 1.807) is 17.0 Å². The van der Waals surface area contributed by atoms with E-state index in [1.165, 1.54) is 0 Å². The van der Waals surface area contributed by atoms with Gasteiger partial charge in [-0.25, -0.2) is 0 Å². The fourth-order valence-corrected chi connectivity index (χ4v) is 2.57. The standard InChI is InChI=1S/C17H21NO3/c19-11-4-2-6-14-7-5-8-15(12-14)17(21)18-10-3-1-9-16(18)13-20/h5,7-8,12,16,19-20H,1,3-4,9-11,13H2. The summed E-state index contributed by atoms with van der Waals surface area (Å²) in [5.74, 6) is 5.75. The van der Waals surface area contributed by atoms with E-state index in [-0.39, 0.29) is 25.2 Å². The molecular formula is C17H21NO3. The van der Waals surface area contributed by atoms with Crippen molar-refractivity contribution < 1.29 is 15.0 Å². The summed E-state index contributed by atoms with van der Waals surface area (Å²) >= 11 is 0. The molecule has 1 aromatic carbocycles. The molecule has 0 aliphatic carbocycles. The van der Waals surface area contributed by atoms with E-state index in [4.69, 9.17) is 5.11 Å². The Kier molecular flexibility index (Phi) is 5.79. The summed E-state index contributed by atoms with van der Waals surface area (Å²) in [7, 11) is 0. The number of likely N-dealkylation sites (tertiary alicyclic amines) is 1. The summed E-state index contributed by atoms with van der Waals surface area (Å²) in [4.78, 5) is 14.3. The topological polar surface area (TPSA) is 60.8 Å². The lowest BCUT2D eigenvalue weighted by Crippen LogP contribution is -2.45. The molecule has 4 nitrogen and oxygen atoms in total. The van der Waals surface area contributed by atoms with E-state index in [0.717, 1.165) is 24.8 Å². The van der Waals surface area contributed by atoms with Gasteiger partial charge in [-0.05, 0) is 37.5 Å². The molecule has 1 aliphatic rings. The third kappa shape index (κ3) is 4.07. The Labute approximate surface area is 125 Å². The zero-order valence-electron chi connectivity index (χ0n) is 12.1. The molecule has 1 aliphatic heterocycles. The third-order valence-electron chi connectivity index (χ3n) is 3.68. The van der Waals surface area contributed by atoms with Gasteiger partial charge < -0.3 is 15.1 Å². The van der Waals surface area contributed by atoms with Crippen LogP contribution in [0.5, 0.6) is 0 Å². The first-order valence-corrected chi connectivity index (χ1v) is 7.38. The summed E-state index contributed by atoms with van der Waals surface area (Å²) in [6.07, 6.45) is 3.33. The number of rotatable bonds is 3. The molecule has 2 rings (SSSR count). The number of carbonyl (C=O) groups is 1. The average molecular weight is 287 g/mol. The molecule has 1 aromatic rings. The minimum Gasteiger partial charge on any atom is -0.395 e. The highest BCUT2D eigenvalue weighted by atomic mass is 16.3. The zero-order chi connectivity index (χ0) is 15.1. The molecule has 21 heavy (non-hydrogen) atoms. The van der Waals surface area contributed by atoms with Crippen LogP contribution in [0.15, 0.2) is 24.3 Å². The highest BCUT2D eigenvalue weighted by Crippen LogP contribution is 2.19. The molecule has 0 aromatic heterocycles. The van der Waals surface area contributed by atoms with Gasteiger partial charge in [-0.3, -0.25) is 4.79 Å². The molecule has 0 bridgehead atoms. The summed E-state index contributed by atoms with van der Waals surface area (Å²) < 4.78 is 0. The quantitative estimate of drug-likeness (QED) is 0.826. The van der Waals surface area contributed by atoms with Crippen molar-refractivity contribution in [2.45, 2.75) is 31.7 Å². The van der Waals surface area contributed by atoms with Crippen LogP contribution >= 0.6 is 0 Å². The molecule has 0 spiro atoms. The second kappa shape index (κ2) is 7.82. The van der Waals surface area contributed by atoms with Gasteiger partial charge >= 0.3 is 0 Å². The van der Waals surface area contributed by atoms with E-state index < -0.39 is 0 Å².